The van der Waals surface area contributed by atoms with Gasteiger partial charge in [-0.25, -0.2) is 9.18 Å². The average molecular weight is 430 g/mol. The number of likely N-dealkylation sites (tertiary alicyclic amines) is 1. The predicted molar refractivity (Wildman–Crippen MR) is 113 cm³/mol. The lowest BCUT2D eigenvalue weighted by Gasteiger charge is -2.37. The number of Topliss-reactive ketones (excluding diaryl/α,β-unsaturated/α-hetero) is 1. The number of piperidine rings is 1. The van der Waals surface area contributed by atoms with Crippen LogP contribution < -0.4 is 0 Å². The second-order valence-corrected chi connectivity index (χ2v) is 8.51. The lowest BCUT2D eigenvalue weighted by Crippen LogP contribution is -2.42. The van der Waals surface area contributed by atoms with Gasteiger partial charge in [-0.15, -0.1) is 0 Å². The van der Waals surface area contributed by atoms with E-state index in [0.717, 1.165) is 24.8 Å². The van der Waals surface area contributed by atoms with Crippen molar-refractivity contribution in [2.75, 3.05) is 13.1 Å². The van der Waals surface area contributed by atoms with Crippen LogP contribution in [0, 0.1) is 11.7 Å². The molecule has 1 N–H and O–H groups in total. The normalized spacial score (nSPS) is 22.2. The monoisotopic (exact) mass is 429 g/mol. The van der Waals surface area contributed by atoms with Gasteiger partial charge in [0.25, 0.3) is 0 Å². The minimum absolute atomic E-state index is 0.00394. The fraction of sp³-hybridized carbons (Fsp3) is 0.409. The molecule has 2 unspecified atom stereocenters. The van der Waals surface area contributed by atoms with Crippen molar-refractivity contribution in [3.63, 3.8) is 0 Å². The summed E-state index contributed by atoms with van der Waals surface area (Å²) in [6.07, 6.45) is 6.09. The number of halogens is 1. The van der Waals surface area contributed by atoms with E-state index >= 15 is 0 Å². The first-order valence-corrected chi connectivity index (χ1v) is 10.6. The number of benzene rings is 1. The molecule has 2 heterocycles. The Hall–Kier alpha value is -2.45. The summed E-state index contributed by atoms with van der Waals surface area (Å²) in [5.41, 5.74) is 1.46. The summed E-state index contributed by atoms with van der Waals surface area (Å²) in [5.74, 6) is -1.30. The Morgan fingerprint density at radius 2 is 2.03 bits per heavy atom. The topological polar surface area (TPSA) is 75.4 Å². The maximum atomic E-state index is 14.6. The highest BCUT2D eigenvalue weighted by atomic mass is 32.1. The number of thiol groups is 1. The molecule has 2 aliphatic rings. The second kappa shape index (κ2) is 8.73. The molecule has 2 aromatic rings. The van der Waals surface area contributed by atoms with Crippen LogP contribution in [0.2, 0.25) is 0 Å². The molecular formula is C22H24FN3O3S. The van der Waals surface area contributed by atoms with Crippen molar-refractivity contribution in [3.8, 4) is 0 Å². The molecule has 1 saturated carbocycles. The fourth-order valence-electron chi connectivity index (χ4n) is 3.92. The van der Waals surface area contributed by atoms with Gasteiger partial charge in [-0.05, 0) is 37.0 Å². The number of hydrogen-bond acceptors (Lipinski definition) is 5. The van der Waals surface area contributed by atoms with Gasteiger partial charge in [0, 0.05) is 36.0 Å². The number of ketones is 1. The largest absolute Gasteiger partial charge is 0.476 e. The highest BCUT2D eigenvalue weighted by molar-refractivity contribution is 7.81. The smallest absolute Gasteiger partial charge is 0.356 e. The van der Waals surface area contributed by atoms with E-state index in [4.69, 9.17) is 5.11 Å². The quantitative estimate of drug-likeness (QED) is 0.521. The molecule has 4 rings (SSSR count). The molecule has 0 radical (unpaired) electrons. The molecule has 158 valence electrons. The van der Waals surface area contributed by atoms with Crippen LogP contribution in [0.25, 0.3) is 0 Å². The van der Waals surface area contributed by atoms with Crippen molar-refractivity contribution in [1.82, 2.24) is 14.7 Å². The summed E-state index contributed by atoms with van der Waals surface area (Å²) >= 11 is 4.68. The van der Waals surface area contributed by atoms with Crippen LogP contribution in [0.4, 0.5) is 4.39 Å². The van der Waals surface area contributed by atoms with E-state index < -0.39 is 12.0 Å². The minimum Gasteiger partial charge on any atom is -0.476 e. The molecule has 0 bridgehead atoms. The molecule has 1 aliphatic carbocycles. The summed E-state index contributed by atoms with van der Waals surface area (Å²) in [5, 5.41) is 13.1. The maximum absolute atomic E-state index is 14.6. The fourth-order valence-corrected chi connectivity index (χ4v) is 4.22. The lowest BCUT2D eigenvalue weighted by atomic mass is 9.93. The van der Waals surface area contributed by atoms with Gasteiger partial charge in [-0.1, -0.05) is 24.3 Å². The standard InChI is InChI=1S/C22H24FN3O3S/c23-17-4-2-1-3-16(17)20(21(27)14-5-6-14)25-10-9-19(30)15(13-25)7-11-26-12-8-18(24-26)22(28)29/h1-4,7-8,12,14,19-20,30H,5-6,9-11,13H2,(H,28,29). The van der Waals surface area contributed by atoms with Gasteiger partial charge in [0.05, 0.1) is 12.6 Å². The molecule has 0 amide bonds. The van der Waals surface area contributed by atoms with Crippen LogP contribution in [0.1, 0.15) is 41.4 Å². The second-order valence-electron chi connectivity index (χ2n) is 7.88. The lowest BCUT2D eigenvalue weighted by molar-refractivity contribution is -0.126. The molecule has 2 fully saturated rings. The molecule has 2 atom stereocenters. The number of rotatable bonds is 7. The maximum Gasteiger partial charge on any atom is 0.356 e. The van der Waals surface area contributed by atoms with Crippen LogP contribution >= 0.6 is 12.6 Å². The summed E-state index contributed by atoms with van der Waals surface area (Å²) < 4.78 is 16.1. The Morgan fingerprint density at radius 1 is 1.27 bits per heavy atom. The van der Waals surface area contributed by atoms with Crippen molar-refractivity contribution in [3.05, 3.63) is 65.3 Å². The first-order chi connectivity index (χ1) is 14.4. The van der Waals surface area contributed by atoms with Crippen LogP contribution in [-0.2, 0) is 11.3 Å². The van der Waals surface area contributed by atoms with Crippen LogP contribution in [0.3, 0.4) is 0 Å². The van der Waals surface area contributed by atoms with Crippen molar-refractivity contribution >= 4 is 24.4 Å². The zero-order valence-corrected chi connectivity index (χ0v) is 17.3. The molecule has 1 aromatic heterocycles. The van der Waals surface area contributed by atoms with E-state index in [1.165, 1.54) is 12.1 Å². The summed E-state index contributed by atoms with van der Waals surface area (Å²) in [6, 6.07) is 7.38. The SMILES string of the molecule is O=C(O)c1ccn(CC=C2CN(C(C(=O)C3CC3)c3ccccc3F)CCC2S)n1. The number of hydrogen-bond donors (Lipinski definition) is 2. The highest BCUT2D eigenvalue weighted by Gasteiger charge is 2.40. The van der Waals surface area contributed by atoms with E-state index in [0.29, 0.717) is 25.2 Å². The number of carboxylic acid groups (broad SMARTS) is 1. The van der Waals surface area contributed by atoms with Crippen molar-refractivity contribution < 1.29 is 19.1 Å². The van der Waals surface area contributed by atoms with Crippen LogP contribution in [0.15, 0.2) is 48.2 Å². The Balaban J connectivity index is 1.55. The van der Waals surface area contributed by atoms with E-state index in [9.17, 15) is 14.0 Å². The molecule has 30 heavy (non-hydrogen) atoms. The molecule has 8 heteroatoms. The summed E-state index contributed by atoms with van der Waals surface area (Å²) in [4.78, 5) is 26.1. The van der Waals surface area contributed by atoms with E-state index in [-0.39, 0.29) is 28.5 Å². The van der Waals surface area contributed by atoms with Crippen molar-refractivity contribution in [1.29, 1.82) is 0 Å². The van der Waals surface area contributed by atoms with Gasteiger partial charge in [-0.3, -0.25) is 14.4 Å². The first-order valence-electron chi connectivity index (χ1n) is 10.1. The summed E-state index contributed by atoms with van der Waals surface area (Å²) in [6.45, 7) is 1.58. The molecule has 1 saturated heterocycles. The zero-order chi connectivity index (χ0) is 21.3. The first kappa shape index (κ1) is 20.8. The number of carboxylic acids is 1. The molecule has 1 aliphatic heterocycles. The Labute approximate surface area is 179 Å². The van der Waals surface area contributed by atoms with Crippen LogP contribution in [0.5, 0.6) is 0 Å². The van der Waals surface area contributed by atoms with Crippen molar-refractivity contribution in [2.45, 2.75) is 37.1 Å². The number of aromatic carboxylic acids is 1. The third kappa shape index (κ3) is 4.49. The highest BCUT2D eigenvalue weighted by Crippen LogP contribution is 2.39. The van der Waals surface area contributed by atoms with E-state index in [1.807, 2.05) is 11.0 Å². The molecule has 1 aromatic carbocycles. The van der Waals surface area contributed by atoms with Gasteiger partial charge in [0.15, 0.2) is 11.5 Å². The Kier molecular flexibility index (Phi) is 6.06. The zero-order valence-electron chi connectivity index (χ0n) is 16.4. The minimum atomic E-state index is -1.07. The number of aromatic nitrogens is 2. The number of carbonyl (C=O) groups excluding carboxylic acids is 1. The van der Waals surface area contributed by atoms with Gasteiger partial charge < -0.3 is 5.11 Å². The summed E-state index contributed by atoms with van der Waals surface area (Å²) in [7, 11) is 0. The van der Waals surface area contributed by atoms with Crippen molar-refractivity contribution in [2.24, 2.45) is 5.92 Å². The number of carbonyl (C=O) groups is 2. The van der Waals surface area contributed by atoms with Gasteiger partial charge in [-0.2, -0.15) is 17.7 Å². The Morgan fingerprint density at radius 3 is 2.70 bits per heavy atom. The molecule has 6 nitrogen and oxygen atoms in total. The van der Waals surface area contributed by atoms with Gasteiger partial charge in [0.1, 0.15) is 5.82 Å². The molecular weight excluding hydrogens is 405 g/mol. The predicted octanol–water partition coefficient (Wildman–Crippen LogP) is 3.37. The number of nitrogens with zero attached hydrogens (tertiary/aromatic N) is 3. The van der Waals surface area contributed by atoms with Gasteiger partial charge in [0.2, 0.25) is 0 Å². The van der Waals surface area contributed by atoms with E-state index in [2.05, 4.69) is 17.7 Å². The van der Waals surface area contributed by atoms with Gasteiger partial charge >= 0.3 is 5.97 Å². The van der Waals surface area contributed by atoms with Crippen LogP contribution in [-0.4, -0.2) is 49.9 Å². The third-order valence-corrected chi connectivity index (χ3v) is 6.31. The number of allylic oxidation sites excluding steroid dienone is 1. The van der Waals surface area contributed by atoms with E-state index in [1.54, 1.807) is 29.1 Å². The average Bonchev–Trinajstić information content (AvgIpc) is 3.47. The molecule has 0 spiro atoms. The third-order valence-electron chi connectivity index (χ3n) is 5.72. The Bertz CT molecular complexity index is 986.